The molecule has 0 amide bonds. The number of nitrogens with zero attached hydrogens (tertiary/aromatic N) is 1. The van der Waals surface area contributed by atoms with Gasteiger partial charge in [-0.1, -0.05) is 60.1 Å². The van der Waals surface area contributed by atoms with Gasteiger partial charge in [0.1, 0.15) is 0 Å². The van der Waals surface area contributed by atoms with Gasteiger partial charge in [-0.15, -0.1) is 11.6 Å². The zero-order chi connectivity index (χ0) is 23.0. The van der Waals surface area contributed by atoms with Gasteiger partial charge in [-0.3, -0.25) is 0 Å². The number of aryl methyl sites for hydroxylation is 1. The maximum Gasteiger partial charge on any atom is 0.0669 e. The van der Waals surface area contributed by atoms with E-state index in [1.807, 2.05) is 68.4 Å². The third-order valence-corrected chi connectivity index (χ3v) is 7.08. The molecule has 0 aromatic heterocycles. The van der Waals surface area contributed by atoms with Crippen LogP contribution in [-0.4, -0.2) is 4.87 Å². The Morgan fingerprint density at radius 2 is 1.81 bits per heavy atom. The molecule has 1 saturated carbocycles. The monoisotopic (exact) mass is 480 g/mol. The molecule has 0 radical (unpaired) electrons. The summed E-state index contributed by atoms with van der Waals surface area (Å²) in [5.74, 6) is 0.215. The molecular weight excluding hydrogens is 459 g/mol. The molecule has 0 heterocycles. The topological polar surface area (TPSA) is 35.8 Å². The lowest BCUT2D eigenvalue weighted by Crippen LogP contribution is -2.05. The van der Waals surface area contributed by atoms with Crippen molar-refractivity contribution < 1.29 is 0 Å². The highest BCUT2D eigenvalue weighted by Gasteiger charge is 2.62. The fraction of sp³-hybridized carbons (Fsp3) is 0.222. The molecule has 3 atom stereocenters. The lowest BCUT2D eigenvalue weighted by atomic mass is 10.0. The smallest absolute Gasteiger partial charge is 0.0669 e. The summed E-state index contributed by atoms with van der Waals surface area (Å²) in [5.41, 5.74) is 6.90. The zero-order valence-electron chi connectivity index (χ0n) is 17.9. The Balaban J connectivity index is 1.55. The van der Waals surface area contributed by atoms with Gasteiger partial charge >= 0.3 is 0 Å². The van der Waals surface area contributed by atoms with Crippen LogP contribution in [0.15, 0.2) is 72.9 Å². The van der Waals surface area contributed by atoms with Gasteiger partial charge in [-0.25, -0.2) is 0 Å². The summed E-state index contributed by atoms with van der Waals surface area (Å²) in [5, 5.41) is 13.7. The molecule has 162 valence electrons. The van der Waals surface area contributed by atoms with E-state index in [1.54, 1.807) is 0 Å². The predicted molar refractivity (Wildman–Crippen MR) is 136 cm³/mol. The first kappa shape index (κ1) is 22.7. The molecule has 2 nitrogen and oxygen atoms in total. The van der Waals surface area contributed by atoms with Crippen molar-refractivity contribution in [2.45, 2.75) is 31.1 Å². The quantitative estimate of drug-likeness (QED) is 0.359. The third-order valence-electron chi connectivity index (χ3n) is 6.06. The maximum absolute atomic E-state index is 8.87. The van der Waals surface area contributed by atoms with Gasteiger partial charge in [0, 0.05) is 38.8 Å². The highest BCUT2D eigenvalue weighted by atomic mass is 35.5. The van der Waals surface area contributed by atoms with E-state index in [9.17, 15) is 0 Å². The molecule has 32 heavy (non-hydrogen) atoms. The van der Waals surface area contributed by atoms with Gasteiger partial charge in [0.15, 0.2) is 0 Å². The number of anilines is 1. The Hall–Kier alpha value is -2.44. The second-order valence-corrected chi connectivity index (χ2v) is 10.2. The number of hydrogen-bond acceptors (Lipinski definition) is 2. The van der Waals surface area contributed by atoms with E-state index in [2.05, 4.69) is 24.0 Å². The van der Waals surface area contributed by atoms with Gasteiger partial charge in [0.05, 0.1) is 17.4 Å². The maximum atomic E-state index is 8.87. The van der Waals surface area contributed by atoms with E-state index in [0.717, 1.165) is 44.2 Å². The molecule has 1 fully saturated rings. The van der Waals surface area contributed by atoms with Crippen molar-refractivity contribution in [1.29, 1.82) is 5.26 Å². The van der Waals surface area contributed by atoms with E-state index < -0.39 is 4.87 Å². The van der Waals surface area contributed by atoms with Crippen LogP contribution >= 0.6 is 34.8 Å². The van der Waals surface area contributed by atoms with Gasteiger partial charge in [-0.05, 0) is 66.4 Å². The first-order valence-electron chi connectivity index (χ1n) is 10.4. The number of hydrogen-bond donors (Lipinski definition) is 1. The van der Waals surface area contributed by atoms with Crippen molar-refractivity contribution >= 4 is 40.5 Å². The standard InChI is InChI=1S/C27H23Cl3N2/c1-16-12-20(14-21(28)13-16)26-25(27(26,3)30)17(2)32-22-8-9-24(29)23(15-22)19-6-4-18(5-7-19)10-11-31/h4-9,12-15,25-26,32H,2,10H2,1,3H3. The van der Waals surface area contributed by atoms with Crippen LogP contribution in [0.3, 0.4) is 0 Å². The summed E-state index contributed by atoms with van der Waals surface area (Å²) in [6.45, 7) is 8.37. The lowest BCUT2D eigenvalue weighted by molar-refractivity contribution is 0.899. The molecule has 0 saturated heterocycles. The van der Waals surface area contributed by atoms with E-state index in [4.69, 9.17) is 40.1 Å². The first-order chi connectivity index (χ1) is 15.2. The van der Waals surface area contributed by atoms with Crippen LogP contribution in [0.2, 0.25) is 10.0 Å². The molecule has 0 bridgehead atoms. The van der Waals surface area contributed by atoms with Crippen LogP contribution in [0.5, 0.6) is 0 Å². The molecule has 3 aromatic rings. The number of nitrogens with one attached hydrogen (secondary N) is 1. The van der Waals surface area contributed by atoms with Gasteiger partial charge in [-0.2, -0.15) is 5.26 Å². The minimum absolute atomic E-state index is 0.0754. The fourth-order valence-electron chi connectivity index (χ4n) is 4.47. The van der Waals surface area contributed by atoms with E-state index in [1.165, 1.54) is 0 Å². The molecule has 4 rings (SSSR count). The summed E-state index contributed by atoms with van der Waals surface area (Å²) in [4.78, 5) is -0.424. The number of nitriles is 1. The summed E-state index contributed by atoms with van der Waals surface area (Å²) in [6.07, 6.45) is 0.390. The van der Waals surface area contributed by atoms with Crippen molar-refractivity contribution in [3.63, 3.8) is 0 Å². The minimum atomic E-state index is -0.424. The van der Waals surface area contributed by atoms with Crippen molar-refractivity contribution in [1.82, 2.24) is 0 Å². The number of rotatable bonds is 6. The lowest BCUT2D eigenvalue weighted by Gasteiger charge is -2.13. The van der Waals surface area contributed by atoms with E-state index >= 15 is 0 Å². The number of alkyl halides is 1. The predicted octanol–water partition coefficient (Wildman–Crippen LogP) is 8.37. The van der Waals surface area contributed by atoms with Gasteiger partial charge in [0.2, 0.25) is 0 Å². The molecule has 0 aliphatic heterocycles. The average molecular weight is 482 g/mol. The molecular formula is C27H23Cl3N2. The van der Waals surface area contributed by atoms with Crippen LogP contribution in [-0.2, 0) is 6.42 Å². The van der Waals surface area contributed by atoms with Crippen LogP contribution in [0.1, 0.15) is 29.5 Å². The Kier molecular flexibility index (Phi) is 6.28. The van der Waals surface area contributed by atoms with Crippen LogP contribution < -0.4 is 5.32 Å². The number of benzene rings is 3. The second-order valence-electron chi connectivity index (χ2n) is 8.55. The van der Waals surface area contributed by atoms with Crippen LogP contribution in [0.25, 0.3) is 11.1 Å². The minimum Gasteiger partial charge on any atom is -0.359 e. The Morgan fingerprint density at radius 1 is 1.09 bits per heavy atom. The SMILES string of the molecule is C=C(Nc1ccc(Cl)c(-c2ccc(CC#N)cc2)c1)C1C(c2cc(C)cc(Cl)c2)C1(C)Cl. The molecule has 0 spiro atoms. The highest BCUT2D eigenvalue weighted by Crippen LogP contribution is 2.64. The van der Waals surface area contributed by atoms with E-state index in [-0.39, 0.29) is 11.8 Å². The van der Waals surface area contributed by atoms with Crippen molar-refractivity contribution in [2.75, 3.05) is 5.32 Å². The zero-order valence-corrected chi connectivity index (χ0v) is 20.2. The average Bonchev–Trinajstić information content (AvgIpc) is 3.32. The molecule has 1 N–H and O–H groups in total. The van der Waals surface area contributed by atoms with Crippen molar-refractivity contribution in [3.05, 3.63) is 99.7 Å². The number of halogens is 3. The molecule has 1 aliphatic rings. The number of allylic oxidation sites excluding steroid dienone is 1. The van der Waals surface area contributed by atoms with Crippen LogP contribution in [0, 0.1) is 24.2 Å². The Morgan fingerprint density at radius 3 is 2.47 bits per heavy atom. The summed E-state index contributed by atoms with van der Waals surface area (Å²) < 4.78 is 0. The Bertz CT molecular complexity index is 1200. The van der Waals surface area contributed by atoms with Gasteiger partial charge < -0.3 is 5.32 Å². The Labute approximate surface area is 204 Å². The van der Waals surface area contributed by atoms with E-state index in [0.29, 0.717) is 11.4 Å². The van der Waals surface area contributed by atoms with Crippen molar-refractivity contribution in [2.24, 2.45) is 5.92 Å². The summed E-state index contributed by atoms with van der Waals surface area (Å²) >= 11 is 19.6. The van der Waals surface area contributed by atoms with Crippen LogP contribution in [0.4, 0.5) is 5.69 Å². The third kappa shape index (κ3) is 4.52. The summed E-state index contributed by atoms with van der Waals surface area (Å²) in [6, 6.07) is 21.9. The molecule has 3 aromatic carbocycles. The molecule has 1 aliphatic carbocycles. The molecule has 5 heteroatoms. The second kappa shape index (κ2) is 8.83. The van der Waals surface area contributed by atoms with Gasteiger partial charge in [0.25, 0.3) is 0 Å². The fourth-order valence-corrected chi connectivity index (χ4v) is 5.44. The van der Waals surface area contributed by atoms with Crippen molar-refractivity contribution in [3.8, 4) is 17.2 Å². The normalized spacial score (nSPS) is 21.6. The summed E-state index contributed by atoms with van der Waals surface area (Å²) in [7, 11) is 0. The highest BCUT2D eigenvalue weighted by molar-refractivity contribution is 6.33. The largest absolute Gasteiger partial charge is 0.359 e. The first-order valence-corrected chi connectivity index (χ1v) is 11.5. The molecule has 3 unspecified atom stereocenters.